The molecule has 1 amide bonds. The molecule has 1 heterocycles. The quantitative estimate of drug-likeness (QED) is 0.494. The smallest absolute Gasteiger partial charge is 0.239 e. The van der Waals surface area contributed by atoms with Crippen molar-refractivity contribution in [2.24, 2.45) is 5.73 Å². The number of ether oxygens (including phenoxy) is 1. The van der Waals surface area contributed by atoms with Crippen LogP contribution in [-0.4, -0.2) is 34.8 Å². The van der Waals surface area contributed by atoms with Gasteiger partial charge in [-0.3, -0.25) is 4.79 Å². The van der Waals surface area contributed by atoms with Gasteiger partial charge in [0.25, 0.3) is 0 Å². The van der Waals surface area contributed by atoms with E-state index in [4.69, 9.17) is 15.6 Å². The number of nitrogens with zero attached hydrogens (tertiary/aromatic N) is 2. The summed E-state index contributed by atoms with van der Waals surface area (Å²) in [6.07, 6.45) is 3.46. The molecule has 170 valence electrons. The summed E-state index contributed by atoms with van der Waals surface area (Å²) < 4.78 is 5.72. The van der Waals surface area contributed by atoms with Gasteiger partial charge in [-0.2, -0.15) is 5.26 Å². The molecule has 0 fully saturated rings. The first-order valence-electron chi connectivity index (χ1n) is 10.9. The van der Waals surface area contributed by atoms with Crippen molar-refractivity contribution in [3.8, 4) is 32.8 Å². The lowest BCUT2D eigenvalue weighted by molar-refractivity contribution is -0.123. The van der Waals surface area contributed by atoms with Crippen LogP contribution in [-0.2, 0) is 11.2 Å². The second-order valence-corrected chi connectivity index (χ2v) is 9.31. The largest absolute Gasteiger partial charge is 0.490 e. The number of hydrogen-bond donors (Lipinski definition) is 3. The molecule has 1 aromatic heterocycles. The normalized spacial score (nSPS) is 15.7. The number of thiazole rings is 1. The number of nitrogens with two attached hydrogens (primary N) is 1. The highest BCUT2D eigenvalue weighted by atomic mass is 32.1. The number of aromatic nitrogens is 1. The zero-order valence-electron chi connectivity index (χ0n) is 18.5. The van der Waals surface area contributed by atoms with Crippen molar-refractivity contribution in [3.05, 3.63) is 59.3 Å². The minimum Gasteiger partial charge on any atom is -0.490 e. The summed E-state index contributed by atoms with van der Waals surface area (Å²) in [5, 5.41) is 22.4. The molecule has 0 spiro atoms. The zero-order chi connectivity index (χ0) is 23.5. The van der Waals surface area contributed by atoms with Crippen LogP contribution in [0, 0.1) is 11.3 Å². The molecule has 8 heteroatoms. The van der Waals surface area contributed by atoms with Gasteiger partial charge in [0.1, 0.15) is 22.9 Å². The Morgan fingerprint density at radius 2 is 2.21 bits per heavy atom. The van der Waals surface area contributed by atoms with Gasteiger partial charge in [0.2, 0.25) is 5.91 Å². The first-order valence-corrected chi connectivity index (χ1v) is 11.7. The summed E-state index contributed by atoms with van der Waals surface area (Å²) in [6.45, 7) is 3.47. The maximum absolute atomic E-state index is 12.2. The third-order valence-electron chi connectivity index (χ3n) is 5.60. The Balaban J connectivity index is 1.61. The van der Waals surface area contributed by atoms with Gasteiger partial charge in [-0.25, -0.2) is 4.98 Å². The molecule has 2 atom stereocenters. The predicted molar refractivity (Wildman–Crippen MR) is 128 cm³/mol. The maximum atomic E-state index is 12.2. The number of nitriles is 1. The average Bonchev–Trinajstić information content (AvgIpc) is 3.46. The van der Waals surface area contributed by atoms with Crippen molar-refractivity contribution in [2.75, 3.05) is 6.61 Å². The first-order chi connectivity index (χ1) is 15.9. The number of carbonyl (C=O) groups excluding carboxylic acids is 1. The van der Waals surface area contributed by atoms with Gasteiger partial charge in [0.05, 0.1) is 29.2 Å². The summed E-state index contributed by atoms with van der Waals surface area (Å²) in [5.41, 5.74) is 10.4. The highest BCUT2D eigenvalue weighted by Crippen LogP contribution is 2.41. The molecule has 7 nitrogen and oxygen atoms in total. The number of nitrogens with one attached hydrogen (secondary N) is 1. The minimum atomic E-state index is -0.920. The van der Waals surface area contributed by atoms with E-state index in [9.17, 15) is 10.1 Å². The number of benzene rings is 2. The summed E-state index contributed by atoms with van der Waals surface area (Å²) in [4.78, 5) is 17.8. The standard InChI is InChI=1S/C25H26N4O3S/c1-14(2)32-22-9-6-15(10-16(22)11-26)25-28-12-23(33-25)19-5-3-4-18-17(19)7-8-21(18)29-24(31)20(27)13-30/h3-6,9-10,12,14,20-21,30H,7-8,13,27H2,1-2H3,(H,29,31)/t20-,21-/m1/s1. The summed E-state index contributed by atoms with van der Waals surface area (Å²) in [7, 11) is 0. The van der Waals surface area contributed by atoms with Crippen molar-refractivity contribution in [1.82, 2.24) is 10.3 Å². The van der Waals surface area contributed by atoms with Crippen molar-refractivity contribution in [2.45, 2.75) is 44.9 Å². The van der Waals surface area contributed by atoms with Crippen molar-refractivity contribution < 1.29 is 14.6 Å². The molecule has 1 aliphatic carbocycles. The van der Waals surface area contributed by atoms with Gasteiger partial charge < -0.3 is 20.9 Å². The van der Waals surface area contributed by atoms with Crippen LogP contribution in [0.5, 0.6) is 5.75 Å². The molecule has 0 unspecified atom stereocenters. The summed E-state index contributed by atoms with van der Waals surface area (Å²) in [5.74, 6) is 0.224. The van der Waals surface area contributed by atoms with Crippen LogP contribution in [0.1, 0.15) is 43.0 Å². The Bertz CT molecular complexity index is 1210. The minimum absolute atomic E-state index is 0.0115. The van der Waals surface area contributed by atoms with E-state index in [-0.39, 0.29) is 24.7 Å². The molecule has 4 rings (SSSR count). The molecule has 33 heavy (non-hydrogen) atoms. The van der Waals surface area contributed by atoms with E-state index in [0.717, 1.165) is 39.4 Å². The molecular weight excluding hydrogens is 436 g/mol. The van der Waals surface area contributed by atoms with Crippen LogP contribution in [0.15, 0.2) is 42.6 Å². The number of fused-ring (bicyclic) bond motifs is 1. The van der Waals surface area contributed by atoms with Gasteiger partial charge in [0, 0.05) is 11.8 Å². The summed E-state index contributed by atoms with van der Waals surface area (Å²) in [6, 6.07) is 12.8. The second kappa shape index (κ2) is 9.71. The number of hydrogen-bond acceptors (Lipinski definition) is 7. The molecule has 0 saturated heterocycles. The number of rotatable bonds is 7. The third kappa shape index (κ3) is 4.76. The van der Waals surface area contributed by atoms with E-state index in [0.29, 0.717) is 11.3 Å². The lowest BCUT2D eigenvalue weighted by Gasteiger charge is -2.17. The van der Waals surface area contributed by atoms with E-state index >= 15 is 0 Å². The number of amides is 1. The molecule has 0 aliphatic heterocycles. The van der Waals surface area contributed by atoms with Crippen LogP contribution in [0.4, 0.5) is 0 Å². The molecular formula is C25H26N4O3S. The van der Waals surface area contributed by atoms with Gasteiger partial charge in [-0.15, -0.1) is 11.3 Å². The van der Waals surface area contributed by atoms with Crippen LogP contribution in [0.25, 0.3) is 21.0 Å². The first kappa shape index (κ1) is 22.9. The third-order valence-corrected chi connectivity index (χ3v) is 6.68. The SMILES string of the molecule is CC(C)Oc1ccc(-c2ncc(-c3cccc4c3CC[C@H]4NC(=O)[C@H](N)CO)s2)cc1C#N. The monoisotopic (exact) mass is 462 g/mol. The van der Waals surface area contributed by atoms with E-state index in [2.05, 4.69) is 22.4 Å². The average molecular weight is 463 g/mol. The van der Waals surface area contributed by atoms with Crippen LogP contribution in [0.3, 0.4) is 0 Å². The maximum Gasteiger partial charge on any atom is 0.239 e. The Kier molecular flexibility index (Phi) is 6.75. The molecule has 2 aromatic carbocycles. The van der Waals surface area contributed by atoms with Gasteiger partial charge in [-0.1, -0.05) is 18.2 Å². The number of aliphatic hydroxyl groups is 1. The highest BCUT2D eigenvalue weighted by Gasteiger charge is 2.28. The molecule has 0 saturated carbocycles. The molecule has 3 aromatic rings. The molecule has 0 radical (unpaired) electrons. The summed E-state index contributed by atoms with van der Waals surface area (Å²) >= 11 is 1.57. The van der Waals surface area contributed by atoms with Gasteiger partial charge in [-0.05, 0) is 61.6 Å². The number of aliphatic hydroxyl groups excluding tert-OH is 1. The Morgan fingerprint density at radius 3 is 2.94 bits per heavy atom. The molecule has 4 N–H and O–H groups in total. The van der Waals surface area contributed by atoms with Crippen LogP contribution >= 0.6 is 11.3 Å². The Hall–Kier alpha value is -3.25. The van der Waals surface area contributed by atoms with Crippen LogP contribution < -0.4 is 15.8 Å². The van der Waals surface area contributed by atoms with E-state index in [1.54, 1.807) is 11.3 Å². The van der Waals surface area contributed by atoms with Gasteiger partial charge >= 0.3 is 0 Å². The fourth-order valence-electron chi connectivity index (χ4n) is 4.04. The number of carbonyl (C=O) groups is 1. The molecule has 0 bridgehead atoms. The van der Waals surface area contributed by atoms with Crippen LogP contribution in [0.2, 0.25) is 0 Å². The zero-order valence-corrected chi connectivity index (χ0v) is 19.4. The van der Waals surface area contributed by atoms with Crippen molar-refractivity contribution >= 4 is 17.2 Å². The fourth-order valence-corrected chi connectivity index (χ4v) is 5.00. The molecule has 1 aliphatic rings. The Morgan fingerprint density at radius 1 is 1.39 bits per heavy atom. The van der Waals surface area contributed by atoms with E-state index in [1.165, 1.54) is 5.56 Å². The van der Waals surface area contributed by atoms with E-state index < -0.39 is 6.04 Å². The predicted octanol–water partition coefficient (Wildman–Crippen LogP) is 3.56. The second-order valence-electron chi connectivity index (χ2n) is 8.28. The van der Waals surface area contributed by atoms with Crippen molar-refractivity contribution in [3.63, 3.8) is 0 Å². The van der Waals surface area contributed by atoms with Crippen molar-refractivity contribution in [1.29, 1.82) is 5.26 Å². The fraction of sp³-hybridized carbons (Fsp3) is 0.320. The van der Waals surface area contributed by atoms with Gasteiger partial charge in [0.15, 0.2) is 0 Å². The lowest BCUT2D eigenvalue weighted by atomic mass is 10.0. The van der Waals surface area contributed by atoms with E-state index in [1.807, 2.05) is 50.4 Å². The topological polar surface area (TPSA) is 121 Å². The lowest BCUT2D eigenvalue weighted by Crippen LogP contribution is -2.44. The highest BCUT2D eigenvalue weighted by molar-refractivity contribution is 7.18. The Labute approximate surface area is 196 Å².